The molecule has 0 aromatic heterocycles. The van der Waals surface area contributed by atoms with E-state index in [0.29, 0.717) is 11.8 Å². The van der Waals surface area contributed by atoms with Gasteiger partial charge in [0.15, 0.2) is 0 Å². The SMILES string of the molecule is CC[C@@H](CO)NC(=O)CC12CC3CC(CC(C3)C1)C2. The predicted octanol–water partition coefficient (Wildman–Crippen LogP) is 2.48. The zero-order chi connectivity index (χ0) is 13.5. The molecule has 0 unspecified atom stereocenters. The van der Waals surface area contributed by atoms with Crippen molar-refractivity contribution in [1.29, 1.82) is 0 Å². The molecule has 3 nitrogen and oxygen atoms in total. The molecule has 4 bridgehead atoms. The molecule has 2 N–H and O–H groups in total. The van der Waals surface area contributed by atoms with Crippen molar-refractivity contribution in [2.24, 2.45) is 23.2 Å². The van der Waals surface area contributed by atoms with Gasteiger partial charge in [-0.15, -0.1) is 0 Å². The molecule has 0 saturated heterocycles. The Hall–Kier alpha value is -0.570. The Morgan fingerprint density at radius 1 is 1.21 bits per heavy atom. The second kappa shape index (κ2) is 5.08. The van der Waals surface area contributed by atoms with Gasteiger partial charge < -0.3 is 10.4 Å². The van der Waals surface area contributed by atoms with Crippen LogP contribution in [0.1, 0.15) is 58.3 Å². The molecule has 3 heteroatoms. The number of carbonyl (C=O) groups is 1. The molecule has 0 aromatic carbocycles. The molecule has 1 atom stereocenters. The van der Waals surface area contributed by atoms with Crippen molar-refractivity contribution in [2.45, 2.75) is 64.3 Å². The third kappa shape index (κ3) is 2.67. The first-order valence-corrected chi connectivity index (χ1v) is 8.02. The third-order valence-electron chi connectivity index (χ3n) is 5.78. The largest absolute Gasteiger partial charge is 0.394 e. The Bertz CT molecular complexity index is 313. The van der Waals surface area contributed by atoms with Gasteiger partial charge in [0.1, 0.15) is 0 Å². The van der Waals surface area contributed by atoms with Gasteiger partial charge in [0.25, 0.3) is 0 Å². The summed E-state index contributed by atoms with van der Waals surface area (Å²) < 4.78 is 0. The van der Waals surface area contributed by atoms with Gasteiger partial charge >= 0.3 is 0 Å². The second-order valence-electron chi connectivity index (χ2n) is 7.45. The highest BCUT2D eigenvalue weighted by Crippen LogP contribution is 2.61. The number of aliphatic hydroxyl groups is 1. The maximum atomic E-state index is 12.2. The molecule has 0 heterocycles. The van der Waals surface area contributed by atoms with Crippen LogP contribution in [-0.2, 0) is 4.79 Å². The van der Waals surface area contributed by atoms with E-state index >= 15 is 0 Å². The van der Waals surface area contributed by atoms with Crippen LogP contribution in [0.25, 0.3) is 0 Å². The van der Waals surface area contributed by atoms with Gasteiger partial charge in [0.05, 0.1) is 12.6 Å². The topological polar surface area (TPSA) is 49.3 Å². The molecule has 4 rings (SSSR count). The molecule has 108 valence electrons. The summed E-state index contributed by atoms with van der Waals surface area (Å²) in [5.74, 6) is 2.87. The standard InChI is InChI=1S/C16H27NO2/c1-2-14(10-18)17-15(19)9-16-6-11-3-12(7-16)5-13(4-11)8-16/h11-14,18H,2-10H2,1H3,(H,17,19)/t11?,12?,13?,14-,16?/m0/s1. The monoisotopic (exact) mass is 265 g/mol. The van der Waals surface area contributed by atoms with Gasteiger partial charge in [0, 0.05) is 6.42 Å². The van der Waals surface area contributed by atoms with Crippen molar-refractivity contribution in [1.82, 2.24) is 5.32 Å². The van der Waals surface area contributed by atoms with Crippen LogP contribution < -0.4 is 5.32 Å². The number of hydrogen-bond acceptors (Lipinski definition) is 2. The lowest BCUT2D eigenvalue weighted by molar-refractivity contribution is -0.130. The van der Waals surface area contributed by atoms with Crippen LogP contribution in [0.3, 0.4) is 0 Å². The molecule has 1 amide bonds. The Kier molecular flexibility index (Phi) is 3.59. The van der Waals surface area contributed by atoms with Crippen molar-refractivity contribution < 1.29 is 9.90 Å². The number of amides is 1. The summed E-state index contributed by atoms with van der Waals surface area (Å²) in [6.45, 7) is 2.06. The number of rotatable bonds is 5. The molecule has 4 saturated carbocycles. The summed E-state index contributed by atoms with van der Waals surface area (Å²) in [5, 5.41) is 12.2. The summed E-state index contributed by atoms with van der Waals surface area (Å²) in [5.41, 5.74) is 0.312. The highest BCUT2D eigenvalue weighted by atomic mass is 16.3. The van der Waals surface area contributed by atoms with E-state index in [1.807, 2.05) is 6.92 Å². The summed E-state index contributed by atoms with van der Waals surface area (Å²) in [6, 6.07) is -0.0542. The van der Waals surface area contributed by atoms with Gasteiger partial charge in [0.2, 0.25) is 5.91 Å². The summed E-state index contributed by atoms with van der Waals surface area (Å²) >= 11 is 0. The van der Waals surface area contributed by atoms with Gasteiger partial charge in [-0.25, -0.2) is 0 Å². The number of carbonyl (C=O) groups excluding carboxylic acids is 1. The maximum Gasteiger partial charge on any atom is 0.220 e. The van der Waals surface area contributed by atoms with E-state index in [4.69, 9.17) is 0 Å². The molecule has 4 aliphatic rings. The van der Waals surface area contributed by atoms with E-state index in [1.54, 1.807) is 0 Å². The fourth-order valence-corrected chi connectivity index (χ4v) is 5.40. The smallest absolute Gasteiger partial charge is 0.220 e. The minimum Gasteiger partial charge on any atom is -0.394 e. The highest BCUT2D eigenvalue weighted by Gasteiger charge is 2.51. The van der Waals surface area contributed by atoms with E-state index in [1.165, 1.54) is 38.5 Å². The van der Waals surface area contributed by atoms with Crippen LogP contribution in [0.15, 0.2) is 0 Å². The van der Waals surface area contributed by atoms with Crippen molar-refractivity contribution >= 4 is 5.91 Å². The van der Waals surface area contributed by atoms with Gasteiger partial charge in [-0.05, 0) is 68.1 Å². The van der Waals surface area contributed by atoms with Crippen LogP contribution in [0, 0.1) is 23.2 Å². The first-order chi connectivity index (χ1) is 9.12. The summed E-state index contributed by atoms with van der Waals surface area (Å²) in [7, 11) is 0. The lowest BCUT2D eigenvalue weighted by Crippen LogP contribution is -2.49. The van der Waals surface area contributed by atoms with E-state index in [2.05, 4.69) is 5.32 Å². The highest BCUT2D eigenvalue weighted by molar-refractivity contribution is 5.77. The van der Waals surface area contributed by atoms with Gasteiger partial charge in [-0.2, -0.15) is 0 Å². The molecular weight excluding hydrogens is 238 g/mol. The lowest BCUT2D eigenvalue weighted by Gasteiger charge is -2.56. The lowest BCUT2D eigenvalue weighted by atomic mass is 9.49. The fraction of sp³-hybridized carbons (Fsp3) is 0.938. The Labute approximate surface area is 116 Å². The Balaban J connectivity index is 1.61. The molecule has 0 spiro atoms. The fourth-order valence-electron chi connectivity index (χ4n) is 5.40. The maximum absolute atomic E-state index is 12.2. The first kappa shape index (κ1) is 13.4. The third-order valence-corrected chi connectivity index (χ3v) is 5.78. The van der Waals surface area contributed by atoms with E-state index in [0.717, 1.165) is 24.2 Å². The van der Waals surface area contributed by atoms with E-state index in [9.17, 15) is 9.90 Å². The van der Waals surface area contributed by atoms with Crippen LogP contribution in [-0.4, -0.2) is 23.7 Å². The van der Waals surface area contributed by atoms with Crippen LogP contribution in [0.2, 0.25) is 0 Å². The molecule has 0 aliphatic heterocycles. The van der Waals surface area contributed by atoms with Crippen molar-refractivity contribution in [2.75, 3.05) is 6.61 Å². The average Bonchev–Trinajstić information content (AvgIpc) is 2.33. The van der Waals surface area contributed by atoms with Crippen LogP contribution in [0.5, 0.6) is 0 Å². The van der Waals surface area contributed by atoms with Crippen molar-refractivity contribution in [3.63, 3.8) is 0 Å². The van der Waals surface area contributed by atoms with E-state index in [-0.39, 0.29) is 18.6 Å². The van der Waals surface area contributed by atoms with Gasteiger partial charge in [-0.1, -0.05) is 6.92 Å². The molecule has 4 fully saturated rings. The predicted molar refractivity (Wildman–Crippen MR) is 74.5 cm³/mol. The quantitative estimate of drug-likeness (QED) is 0.802. The minimum atomic E-state index is -0.0542. The zero-order valence-electron chi connectivity index (χ0n) is 12.0. The summed E-state index contributed by atoms with van der Waals surface area (Å²) in [6.07, 6.45) is 9.63. The molecule has 0 radical (unpaired) electrons. The number of aliphatic hydroxyl groups excluding tert-OH is 1. The number of nitrogens with one attached hydrogen (secondary N) is 1. The normalized spacial score (nSPS) is 41.3. The molecule has 0 aromatic rings. The minimum absolute atomic E-state index is 0.0542. The van der Waals surface area contributed by atoms with Gasteiger partial charge in [-0.3, -0.25) is 4.79 Å². The first-order valence-electron chi connectivity index (χ1n) is 8.02. The molecular formula is C16H27NO2. The summed E-state index contributed by atoms with van der Waals surface area (Å²) in [4.78, 5) is 12.2. The van der Waals surface area contributed by atoms with Crippen LogP contribution in [0.4, 0.5) is 0 Å². The number of hydrogen-bond donors (Lipinski definition) is 2. The second-order valence-corrected chi connectivity index (χ2v) is 7.45. The molecule has 19 heavy (non-hydrogen) atoms. The van der Waals surface area contributed by atoms with Crippen molar-refractivity contribution in [3.05, 3.63) is 0 Å². The Morgan fingerprint density at radius 2 is 1.74 bits per heavy atom. The zero-order valence-corrected chi connectivity index (χ0v) is 12.0. The Morgan fingerprint density at radius 3 is 2.16 bits per heavy atom. The molecule has 4 aliphatic carbocycles. The average molecular weight is 265 g/mol. The van der Waals surface area contributed by atoms with Crippen molar-refractivity contribution in [3.8, 4) is 0 Å². The van der Waals surface area contributed by atoms with E-state index < -0.39 is 0 Å². The van der Waals surface area contributed by atoms with Crippen LogP contribution >= 0.6 is 0 Å².